The van der Waals surface area contributed by atoms with Gasteiger partial charge >= 0.3 is 0 Å². The van der Waals surface area contributed by atoms with Gasteiger partial charge in [0.05, 0.1) is 11.8 Å². The Labute approximate surface area is 123 Å². The Balaban J connectivity index is 1.95. The molecule has 0 atom stereocenters. The highest BCUT2D eigenvalue weighted by Gasteiger charge is 2.19. The van der Waals surface area contributed by atoms with Crippen molar-refractivity contribution >= 4 is 5.82 Å². The van der Waals surface area contributed by atoms with Crippen LogP contribution in [0.2, 0.25) is 0 Å². The third kappa shape index (κ3) is 3.03. The molecule has 1 aromatic heterocycles. The lowest BCUT2D eigenvalue weighted by atomic mass is 10.1. The predicted octanol–water partition coefficient (Wildman–Crippen LogP) is 2.55. The van der Waals surface area contributed by atoms with Gasteiger partial charge in [-0.15, -0.1) is 0 Å². The molecular formula is C16H18FN3O. The van der Waals surface area contributed by atoms with E-state index in [1.54, 1.807) is 18.2 Å². The lowest BCUT2D eigenvalue weighted by molar-refractivity contribution is 0.145. The number of aliphatic hydroxyl groups is 1. The highest BCUT2D eigenvalue weighted by Crippen LogP contribution is 2.25. The molecule has 1 aromatic carbocycles. The Bertz CT molecular complexity index is 639. The second kappa shape index (κ2) is 5.77. The first-order chi connectivity index (χ1) is 10.1. The van der Waals surface area contributed by atoms with E-state index >= 15 is 0 Å². The van der Waals surface area contributed by atoms with Crippen LogP contribution in [0.1, 0.15) is 18.7 Å². The number of piperidine rings is 1. The summed E-state index contributed by atoms with van der Waals surface area (Å²) in [6.45, 7) is 3.33. The Hall–Kier alpha value is -2.01. The van der Waals surface area contributed by atoms with Crippen LogP contribution in [0, 0.1) is 12.7 Å². The first-order valence-corrected chi connectivity index (χ1v) is 7.17. The van der Waals surface area contributed by atoms with E-state index < -0.39 is 0 Å². The average molecular weight is 287 g/mol. The minimum absolute atomic E-state index is 0.227. The molecule has 1 saturated heterocycles. The van der Waals surface area contributed by atoms with Crippen LogP contribution in [-0.4, -0.2) is 34.3 Å². The summed E-state index contributed by atoms with van der Waals surface area (Å²) in [6, 6.07) is 8.44. The van der Waals surface area contributed by atoms with Gasteiger partial charge in [0, 0.05) is 24.7 Å². The van der Waals surface area contributed by atoms with Gasteiger partial charge in [-0.05, 0) is 31.9 Å². The normalized spacial score (nSPS) is 16.2. The monoisotopic (exact) mass is 287 g/mol. The summed E-state index contributed by atoms with van der Waals surface area (Å²) >= 11 is 0. The van der Waals surface area contributed by atoms with Gasteiger partial charge in [0.2, 0.25) is 0 Å². The van der Waals surface area contributed by atoms with Crippen LogP contribution in [0.15, 0.2) is 30.3 Å². The van der Waals surface area contributed by atoms with Crippen molar-refractivity contribution in [1.29, 1.82) is 0 Å². The maximum Gasteiger partial charge on any atom is 0.132 e. The molecule has 21 heavy (non-hydrogen) atoms. The molecule has 0 radical (unpaired) electrons. The van der Waals surface area contributed by atoms with Crippen molar-refractivity contribution in [2.75, 3.05) is 18.0 Å². The summed E-state index contributed by atoms with van der Waals surface area (Å²) in [6.07, 6.45) is 1.24. The molecule has 0 spiro atoms. The average Bonchev–Trinajstić information content (AvgIpc) is 2.48. The van der Waals surface area contributed by atoms with E-state index in [1.165, 1.54) is 6.07 Å². The van der Waals surface area contributed by atoms with Gasteiger partial charge in [-0.25, -0.2) is 14.4 Å². The molecule has 1 N–H and O–H groups in total. The van der Waals surface area contributed by atoms with E-state index in [-0.39, 0.29) is 11.9 Å². The second-order valence-corrected chi connectivity index (χ2v) is 5.36. The molecule has 3 rings (SSSR count). The number of hydrogen-bond acceptors (Lipinski definition) is 4. The second-order valence-electron chi connectivity index (χ2n) is 5.36. The minimum atomic E-state index is -0.282. The van der Waals surface area contributed by atoms with Gasteiger partial charge in [-0.3, -0.25) is 0 Å². The van der Waals surface area contributed by atoms with Gasteiger partial charge in [0.25, 0.3) is 0 Å². The van der Waals surface area contributed by atoms with Gasteiger partial charge in [0.1, 0.15) is 17.5 Å². The van der Waals surface area contributed by atoms with E-state index in [9.17, 15) is 9.50 Å². The molecule has 0 aliphatic carbocycles. The van der Waals surface area contributed by atoms with E-state index in [0.717, 1.165) is 31.7 Å². The van der Waals surface area contributed by atoms with Crippen molar-refractivity contribution in [3.8, 4) is 11.3 Å². The number of hydrogen-bond donors (Lipinski definition) is 1. The summed E-state index contributed by atoms with van der Waals surface area (Å²) in [5.74, 6) is 1.14. The lowest BCUT2D eigenvalue weighted by Crippen LogP contribution is -2.36. The van der Waals surface area contributed by atoms with Crippen LogP contribution in [0.3, 0.4) is 0 Å². The zero-order valence-corrected chi connectivity index (χ0v) is 12.0. The van der Waals surface area contributed by atoms with Crippen LogP contribution in [0.25, 0.3) is 11.3 Å². The van der Waals surface area contributed by atoms with Crippen LogP contribution >= 0.6 is 0 Å². The Morgan fingerprint density at radius 3 is 2.62 bits per heavy atom. The van der Waals surface area contributed by atoms with Crippen molar-refractivity contribution in [1.82, 2.24) is 9.97 Å². The summed E-state index contributed by atoms with van der Waals surface area (Å²) in [5, 5.41) is 9.59. The molecular weight excluding hydrogens is 269 g/mol. The van der Waals surface area contributed by atoms with Gasteiger partial charge in [-0.2, -0.15) is 0 Å². The molecule has 0 bridgehead atoms. The van der Waals surface area contributed by atoms with Crippen molar-refractivity contribution in [3.05, 3.63) is 42.0 Å². The number of rotatable bonds is 2. The Morgan fingerprint density at radius 1 is 1.19 bits per heavy atom. The molecule has 0 unspecified atom stereocenters. The summed E-state index contributed by atoms with van der Waals surface area (Å²) < 4.78 is 13.9. The Morgan fingerprint density at radius 2 is 1.90 bits per heavy atom. The number of halogens is 1. The van der Waals surface area contributed by atoms with Gasteiger partial charge in [0.15, 0.2) is 0 Å². The first-order valence-electron chi connectivity index (χ1n) is 7.17. The summed E-state index contributed by atoms with van der Waals surface area (Å²) in [7, 11) is 0. The largest absolute Gasteiger partial charge is 0.393 e. The first kappa shape index (κ1) is 13.9. The maximum absolute atomic E-state index is 13.9. The van der Waals surface area contributed by atoms with Gasteiger partial charge in [-0.1, -0.05) is 12.1 Å². The molecule has 110 valence electrons. The van der Waals surface area contributed by atoms with Crippen molar-refractivity contribution < 1.29 is 9.50 Å². The number of benzene rings is 1. The molecule has 2 aromatic rings. The number of aromatic nitrogens is 2. The van der Waals surface area contributed by atoms with Crippen LogP contribution in [-0.2, 0) is 0 Å². The molecule has 1 fully saturated rings. The molecule has 2 heterocycles. The smallest absolute Gasteiger partial charge is 0.132 e. The van der Waals surface area contributed by atoms with E-state index in [1.807, 2.05) is 13.0 Å². The zero-order chi connectivity index (χ0) is 14.8. The molecule has 4 nitrogen and oxygen atoms in total. The molecule has 5 heteroatoms. The van der Waals surface area contributed by atoms with Crippen LogP contribution in [0.4, 0.5) is 10.2 Å². The predicted molar refractivity (Wildman–Crippen MR) is 79.6 cm³/mol. The van der Waals surface area contributed by atoms with Crippen molar-refractivity contribution in [2.45, 2.75) is 25.9 Å². The molecule has 1 aliphatic heterocycles. The third-order valence-corrected chi connectivity index (χ3v) is 3.76. The van der Waals surface area contributed by atoms with E-state index in [0.29, 0.717) is 17.1 Å². The van der Waals surface area contributed by atoms with Gasteiger partial charge < -0.3 is 10.0 Å². The standard InChI is InChI=1S/C16H18FN3O/c1-11-18-15(13-4-2-3-5-14(13)17)10-16(19-11)20-8-6-12(21)7-9-20/h2-5,10,12,21H,6-9H2,1H3. The van der Waals surface area contributed by atoms with Crippen LogP contribution in [0.5, 0.6) is 0 Å². The fourth-order valence-corrected chi connectivity index (χ4v) is 2.62. The maximum atomic E-state index is 13.9. The Kier molecular flexibility index (Phi) is 3.84. The molecule has 0 amide bonds. The van der Waals surface area contributed by atoms with Crippen molar-refractivity contribution in [2.24, 2.45) is 0 Å². The highest BCUT2D eigenvalue weighted by molar-refractivity contribution is 5.63. The topological polar surface area (TPSA) is 49.2 Å². The number of nitrogens with zero attached hydrogens (tertiary/aromatic N) is 3. The quantitative estimate of drug-likeness (QED) is 0.922. The fourth-order valence-electron chi connectivity index (χ4n) is 2.62. The lowest BCUT2D eigenvalue weighted by Gasteiger charge is -2.30. The zero-order valence-electron chi connectivity index (χ0n) is 12.0. The number of aliphatic hydroxyl groups excluding tert-OH is 1. The number of aryl methyl sites for hydroxylation is 1. The van der Waals surface area contributed by atoms with E-state index in [4.69, 9.17) is 0 Å². The van der Waals surface area contributed by atoms with Crippen LogP contribution < -0.4 is 4.90 Å². The summed E-state index contributed by atoms with van der Waals surface area (Å²) in [4.78, 5) is 10.9. The molecule has 1 aliphatic rings. The van der Waals surface area contributed by atoms with Crippen molar-refractivity contribution in [3.63, 3.8) is 0 Å². The number of anilines is 1. The SMILES string of the molecule is Cc1nc(-c2ccccc2F)cc(N2CCC(O)CC2)n1. The third-order valence-electron chi connectivity index (χ3n) is 3.76. The fraction of sp³-hybridized carbons (Fsp3) is 0.375. The minimum Gasteiger partial charge on any atom is -0.393 e. The van der Waals surface area contributed by atoms with E-state index in [2.05, 4.69) is 14.9 Å². The molecule has 0 saturated carbocycles. The highest BCUT2D eigenvalue weighted by atomic mass is 19.1. The summed E-state index contributed by atoms with van der Waals surface area (Å²) in [5.41, 5.74) is 1.09.